The molecule has 1 aromatic rings. The third kappa shape index (κ3) is 2.92. The molecule has 0 aliphatic heterocycles. The van der Waals surface area contributed by atoms with E-state index in [-0.39, 0.29) is 17.4 Å². The number of rotatable bonds is 6. The molecule has 0 spiro atoms. The second kappa shape index (κ2) is 6.19. The number of hydrogen-bond acceptors (Lipinski definition) is 2. The second-order valence-electron chi connectivity index (χ2n) is 6.98. The summed E-state index contributed by atoms with van der Waals surface area (Å²) in [6.07, 6.45) is 3.94. The predicted molar refractivity (Wildman–Crippen MR) is 88.0 cm³/mol. The van der Waals surface area contributed by atoms with Crippen molar-refractivity contribution in [3.05, 3.63) is 39.8 Å². The van der Waals surface area contributed by atoms with E-state index in [1.165, 1.54) is 11.1 Å². The van der Waals surface area contributed by atoms with Gasteiger partial charge in [0.2, 0.25) is 5.91 Å². The highest BCUT2D eigenvalue weighted by Crippen LogP contribution is 2.48. The van der Waals surface area contributed by atoms with Crippen molar-refractivity contribution in [1.82, 2.24) is 0 Å². The highest BCUT2D eigenvalue weighted by molar-refractivity contribution is 5.93. The zero-order valence-corrected chi connectivity index (χ0v) is 14.1. The highest BCUT2D eigenvalue weighted by Gasteiger charge is 2.42. The molecule has 4 heteroatoms. The van der Waals surface area contributed by atoms with Gasteiger partial charge >= 0.3 is 0 Å². The maximum atomic E-state index is 11.5. The fourth-order valence-corrected chi connectivity index (χ4v) is 3.70. The predicted octanol–water partition coefficient (Wildman–Crippen LogP) is 3.20. The van der Waals surface area contributed by atoms with Crippen molar-refractivity contribution < 1.29 is 9.55 Å². The number of primary amides is 1. The lowest BCUT2D eigenvalue weighted by atomic mass is 9.69. The summed E-state index contributed by atoms with van der Waals surface area (Å²) < 4.78 is 1.03. The number of nitrogens with two attached hydrogens (primary N) is 1. The maximum absolute atomic E-state index is 11.5. The van der Waals surface area contributed by atoms with Crippen molar-refractivity contribution in [3.8, 4) is 0 Å². The van der Waals surface area contributed by atoms with E-state index in [1.54, 1.807) is 7.05 Å². The molecule has 0 radical (unpaired) electrons. The highest BCUT2D eigenvalue weighted by atomic mass is 16.3. The van der Waals surface area contributed by atoms with Gasteiger partial charge in [-0.15, -0.1) is 0 Å². The van der Waals surface area contributed by atoms with Crippen molar-refractivity contribution in [2.75, 3.05) is 7.05 Å². The van der Waals surface area contributed by atoms with Crippen molar-refractivity contribution in [2.24, 2.45) is 11.7 Å². The number of nitrogens with zero attached hydrogens (tertiary/aromatic N) is 1. The average Bonchev–Trinajstić information content (AvgIpc) is 2.83. The van der Waals surface area contributed by atoms with Gasteiger partial charge in [0, 0.05) is 23.8 Å². The Labute approximate surface area is 132 Å². The van der Waals surface area contributed by atoms with Gasteiger partial charge in [-0.1, -0.05) is 19.9 Å². The number of nitroso groups, excluding NO2 is 1. The molecule has 0 saturated carbocycles. The van der Waals surface area contributed by atoms with Gasteiger partial charge in [0.25, 0.3) is 0 Å². The lowest BCUT2D eigenvalue weighted by Crippen LogP contribution is -2.32. The fraction of sp³-hybridized carbons (Fsp3) is 0.611. The minimum Gasteiger partial charge on any atom is -0.366 e. The molecule has 22 heavy (non-hydrogen) atoms. The van der Waals surface area contributed by atoms with Crippen molar-refractivity contribution >= 4 is 5.91 Å². The normalized spacial score (nSPS) is 21.7. The Hall–Kier alpha value is -1.71. The summed E-state index contributed by atoms with van der Waals surface area (Å²) in [6, 6.07) is 5.86. The van der Waals surface area contributed by atoms with Crippen molar-refractivity contribution in [3.63, 3.8) is 0 Å². The summed E-state index contributed by atoms with van der Waals surface area (Å²) in [6.45, 7) is 6.44. The quantitative estimate of drug-likeness (QED) is 0.820. The van der Waals surface area contributed by atoms with Crippen LogP contribution in [0.15, 0.2) is 18.2 Å². The molecule has 0 bridgehead atoms. The van der Waals surface area contributed by atoms with E-state index in [2.05, 4.69) is 13.8 Å². The van der Waals surface area contributed by atoms with E-state index in [0.29, 0.717) is 11.5 Å². The third-order valence-corrected chi connectivity index (χ3v) is 5.51. The molecule has 4 nitrogen and oxygen atoms in total. The molecular weight excluding hydrogens is 276 g/mol. The van der Waals surface area contributed by atoms with Crippen LogP contribution in [-0.4, -0.2) is 23.8 Å². The van der Waals surface area contributed by atoms with Gasteiger partial charge < -0.3 is 5.73 Å². The molecule has 120 valence electrons. The SMILES string of the molecule is CC(CCC1(C(C)C)CCc2ccc(C(N)=O)cc21)[N+](C)=O. The molecular formula is C18H27N2O2+. The molecule has 1 aliphatic carbocycles. The molecule has 2 rings (SSSR count). The molecule has 2 atom stereocenters. The van der Waals surface area contributed by atoms with Gasteiger partial charge in [-0.2, -0.15) is 0 Å². The molecule has 0 fully saturated rings. The largest absolute Gasteiger partial charge is 0.366 e. The van der Waals surface area contributed by atoms with Crippen LogP contribution in [0.5, 0.6) is 0 Å². The Bertz CT molecular complexity index is 595. The number of benzene rings is 1. The molecule has 2 N–H and O–H groups in total. The number of carbonyl (C=O) groups is 1. The zero-order chi connectivity index (χ0) is 16.5. The van der Waals surface area contributed by atoms with Gasteiger partial charge in [-0.05, 0) is 58.6 Å². The average molecular weight is 303 g/mol. The summed E-state index contributed by atoms with van der Waals surface area (Å²) in [4.78, 5) is 23.0. The van der Waals surface area contributed by atoms with Gasteiger partial charge in [-0.3, -0.25) is 4.79 Å². The second-order valence-corrected chi connectivity index (χ2v) is 6.98. The first-order valence-electron chi connectivity index (χ1n) is 8.11. The van der Waals surface area contributed by atoms with Crippen LogP contribution in [0.25, 0.3) is 0 Å². The first kappa shape index (κ1) is 16.7. The Morgan fingerprint density at radius 1 is 1.36 bits per heavy atom. The zero-order valence-electron chi connectivity index (χ0n) is 14.1. The summed E-state index contributed by atoms with van der Waals surface area (Å²) in [5, 5.41) is 0. The van der Waals surface area contributed by atoms with E-state index in [4.69, 9.17) is 5.73 Å². The van der Waals surface area contributed by atoms with Gasteiger partial charge in [0.1, 0.15) is 0 Å². The van der Waals surface area contributed by atoms with E-state index < -0.39 is 0 Å². The summed E-state index contributed by atoms with van der Waals surface area (Å²) in [7, 11) is 1.58. The van der Waals surface area contributed by atoms with E-state index in [9.17, 15) is 9.70 Å². The standard InChI is InChI=1S/C18H26N2O2/c1-12(2)18(9-7-13(3)20(4)22)10-8-14-5-6-15(17(19)21)11-16(14)18/h5-6,11-13H,7-10H2,1-4H3,(H-,19,21)/p+1. The summed E-state index contributed by atoms with van der Waals surface area (Å²) >= 11 is 0. The minimum absolute atomic E-state index is 0.0130. The van der Waals surface area contributed by atoms with Crippen LogP contribution in [0.3, 0.4) is 0 Å². The first-order valence-corrected chi connectivity index (χ1v) is 8.11. The van der Waals surface area contributed by atoms with Gasteiger partial charge in [0.05, 0.1) is 0 Å². The van der Waals surface area contributed by atoms with Crippen LogP contribution >= 0.6 is 0 Å². The van der Waals surface area contributed by atoms with Crippen LogP contribution < -0.4 is 5.73 Å². The van der Waals surface area contributed by atoms with Crippen LogP contribution in [0.1, 0.15) is 61.5 Å². The minimum atomic E-state index is -0.375. The first-order chi connectivity index (χ1) is 10.3. The Morgan fingerprint density at radius 2 is 2.05 bits per heavy atom. The molecule has 1 amide bonds. The van der Waals surface area contributed by atoms with Crippen molar-refractivity contribution in [1.29, 1.82) is 0 Å². The molecule has 0 heterocycles. The number of amides is 1. The number of hydrogen-bond donors (Lipinski definition) is 1. The monoisotopic (exact) mass is 303 g/mol. The van der Waals surface area contributed by atoms with Crippen LogP contribution in [-0.2, 0) is 11.8 Å². The molecule has 0 saturated heterocycles. The number of fused-ring (bicyclic) bond motifs is 1. The summed E-state index contributed by atoms with van der Waals surface area (Å²) in [5.41, 5.74) is 8.66. The summed E-state index contributed by atoms with van der Waals surface area (Å²) in [5.74, 6) is 0.0843. The van der Waals surface area contributed by atoms with E-state index in [0.717, 1.165) is 30.4 Å². The topological polar surface area (TPSA) is 63.2 Å². The van der Waals surface area contributed by atoms with Crippen LogP contribution in [0, 0.1) is 10.8 Å². The Kier molecular flexibility index (Phi) is 4.69. The van der Waals surface area contributed by atoms with Crippen LogP contribution in [0.4, 0.5) is 0 Å². The number of aryl methyl sites for hydroxylation is 1. The molecule has 0 aromatic heterocycles. The third-order valence-electron chi connectivity index (χ3n) is 5.51. The lowest BCUT2D eigenvalue weighted by molar-refractivity contribution is -0.555. The van der Waals surface area contributed by atoms with E-state index >= 15 is 0 Å². The van der Waals surface area contributed by atoms with E-state index in [1.807, 2.05) is 25.1 Å². The Balaban J connectivity index is 2.37. The van der Waals surface area contributed by atoms with Gasteiger partial charge in [-0.25, -0.2) is 0 Å². The molecule has 1 aliphatic rings. The molecule has 2 unspecified atom stereocenters. The van der Waals surface area contributed by atoms with Crippen LogP contribution in [0.2, 0.25) is 0 Å². The fourth-order valence-electron chi connectivity index (χ4n) is 3.70. The van der Waals surface area contributed by atoms with Crippen molar-refractivity contribution in [2.45, 2.75) is 57.9 Å². The smallest absolute Gasteiger partial charge is 0.248 e. The van der Waals surface area contributed by atoms with Gasteiger partial charge in [0.15, 0.2) is 13.1 Å². The Morgan fingerprint density at radius 3 is 2.59 bits per heavy atom. The maximum Gasteiger partial charge on any atom is 0.248 e. The lowest BCUT2D eigenvalue weighted by Gasteiger charge is -2.35. The number of carbonyl (C=O) groups excluding carboxylic acids is 1. The molecule has 1 aromatic carbocycles.